The highest BCUT2D eigenvalue weighted by Crippen LogP contribution is 2.33. The molecule has 2 heterocycles. The van der Waals surface area contributed by atoms with Gasteiger partial charge in [0.2, 0.25) is 0 Å². The number of aromatic nitrogens is 2. The monoisotopic (exact) mass is 262 g/mol. The van der Waals surface area contributed by atoms with Crippen LogP contribution in [0, 0.1) is 5.82 Å². The molecule has 0 amide bonds. The Labute approximate surface area is 107 Å². The van der Waals surface area contributed by atoms with Gasteiger partial charge in [-0.25, -0.2) is 9.37 Å². The average molecular weight is 263 g/mol. The first-order chi connectivity index (χ1) is 8.66. The van der Waals surface area contributed by atoms with Crippen LogP contribution in [0.2, 0.25) is 5.02 Å². The lowest BCUT2D eigenvalue weighted by Crippen LogP contribution is -1.91. The number of phenols is 1. The van der Waals surface area contributed by atoms with Crippen molar-refractivity contribution < 1.29 is 9.50 Å². The van der Waals surface area contributed by atoms with E-state index in [1.54, 1.807) is 22.9 Å². The van der Waals surface area contributed by atoms with Crippen LogP contribution in [-0.4, -0.2) is 14.5 Å². The van der Waals surface area contributed by atoms with Crippen molar-refractivity contribution in [3.8, 4) is 17.0 Å². The third-order valence-electron chi connectivity index (χ3n) is 2.74. The largest absolute Gasteiger partial charge is 0.507 e. The number of aromatic hydroxyl groups is 1. The van der Waals surface area contributed by atoms with Crippen LogP contribution in [0.15, 0.2) is 42.7 Å². The molecule has 18 heavy (non-hydrogen) atoms. The molecule has 0 aliphatic heterocycles. The van der Waals surface area contributed by atoms with Gasteiger partial charge in [-0.3, -0.25) is 4.40 Å². The molecule has 0 aliphatic carbocycles. The normalized spacial score (nSPS) is 11.0. The van der Waals surface area contributed by atoms with Gasteiger partial charge in [0.05, 0.1) is 10.7 Å². The van der Waals surface area contributed by atoms with Crippen molar-refractivity contribution in [1.29, 1.82) is 0 Å². The second-order valence-electron chi connectivity index (χ2n) is 3.85. The van der Waals surface area contributed by atoms with Gasteiger partial charge in [-0.15, -0.1) is 0 Å². The fourth-order valence-corrected chi connectivity index (χ4v) is 2.07. The van der Waals surface area contributed by atoms with E-state index in [0.29, 0.717) is 11.3 Å². The van der Waals surface area contributed by atoms with E-state index in [2.05, 4.69) is 4.98 Å². The van der Waals surface area contributed by atoms with Gasteiger partial charge in [-0.05, 0) is 18.2 Å². The maximum absolute atomic E-state index is 13.2. The molecular weight excluding hydrogens is 255 g/mol. The van der Waals surface area contributed by atoms with Crippen LogP contribution in [0.1, 0.15) is 0 Å². The predicted molar refractivity (Wildman–Crippen MR) is 67.3 cm³/mol. The maximum atomic E-state index is 13.2. The van der Waals surface area contributed by atoms with Gasteiger partial charge < -0.3 is 5.11 Å². The van der Waals surface area contributed by atoms with Crippen LogP contribution >= 0.6 is 11.6 Å². The molecule has 1 N–H and O–H groups in total. The standard InChI is InChI=1S/C13H8ClFN2O/c14-9-6-8(12(18)7-10(9)15)11-2-1-3-13-16-4-5-17(11)13/h1-7,18H. The van der Waals surface area contributed by atoms with Gasteiger partial charge >= 0.3 is 0 Å². The summed E-state index contributed by atoms with van der Waals surface area (Å²) in [5.41, 5.74) is 1.90. The first-order valence-electron chi connectivity index (χ1n) is 5.27. The molecule has 5 heteroatoms. The number of pyridine rings is 1. The molecule has 0 unspecified atom stereocenters. The van der Waals surface area contributed by atoms with E-state index in [9.17, 15) is 9.50 Å². The van der Waals surface area contributed by atoms with Gasteiger partial charge in [-0.2, -0.15) is 0 Å². The van der Waals surface area contributed by atoms with Crippen molar-refractivity contribution in [1.82, 2.24) is 9.38 Å². The van der Waals surface area contributed by atoms with Crippen molar-refractivity contribution in [2.45, 2.75) is 0 Å². The Kier molecular flexibility index (Phi) is 2.45. The number of hydrogen-bond donors (Lipinski definition) is 1. The quantitative estimate of drug-likeness (QED) is 0.729. The Morgan fingerprint density at radius 1 is 1.28 bits per heavy atom. The highest BCUT2D eigenvalue weighted by atomic mass is 35.5. The van der Waals surface area contributed by atoms with E-state index in [1.807, 2.05) is 12.1 Å². The van der Waals surface area contributed by atoms with Gasteiger partial charge in [-0.1, -0.05) is 17.7 Å². The zero-order valence-electron chi connectivity index (χ0n) is 9.14. The molecule has 0 saturated carbocycles. The maximum Gasteiger partial charge on any atom is 0.145 e. The Balaban J connectivity index is 2.32. The van der Waals surface area contributed by atoms with E-state index in [4.69, 9.17) is 11.6 Å². The van der Waals surface area contributed by atoms with Crippen molar-refractivity contribution in [2.24, 2.45) is 0 Å². The van der Waals surface area contributed by atoms with E-state index < -0.39 is 5.82 Å². The molecule has 90 valence electrons. The highest BCUT2D eigenvalue weighted by Gasteiger charge is 2.12. The van der Waals surface area contributed by atoms with Gasteiger partial charge in [0.25, 0.3) is 0 Å². The number of phenolic OH excluding ortho intramolecular Hbond substituents is 1. The second-order valence-corrected chi connectivity index (χ2v) is 4.26. The van der Waals surface area contributed by atoms with Crippen LogP contribution in [0.4, 0.5) is 4.39 Å². The van der Waals surface area contributed by atoms with E-state index >= 15 is 0 Å². The zero-order chi connectivity index (χ0) is 12.7. The van der Waals surface area contributed by atoms with Gasteiger partial charge in [0, 0.05) is 24.0 Å². The lowest BCUT2D eigenvalue weighted by atomic mass is 10.1. The summed E-state index contributed by atoms with van der Waals surface area (Å²) in [5.74, 6) is -0.797. The minimum Gasteiger partial charge on any atom is -0.507 e. The summed E-state index contributed by atoms with van der Waals surface area (Å²) in [5, 5.41) is 9.81. The molecule has 0 fully saturated rings. The van der Waals surface area contributed by atoms with Gasteiger partial charge in [0.15, 0.2) is 0 Å². The average Bonchev–Trinajstić information content (AvgIpc) is 2.82. The number of imidazole rings is 1. The predicted octanol–water partition coefficient (Wildman–Crippen LogP) is 3.50. The topological polar surface area (TPSA) is 37.5 Å². The smallest absolute Gasteiger partial charge is 0.145 e. The summed E-state index contributed by atoms with van der Waals surface area (Å²) in [6, 6.07) is 7.87. The van der Waals surface area contributed by atoms with Crippen LogP contribution in [0.5, 0.6) is 5.75 Å². The Hall–Kier alpha value is -2.07. The number of benzene rings is 1. The van der Waals surface area contributed by atoms with Crippen LogP contribution in [0.3, 0.4) is 0 Å². The molecule has 0 spiro atoms. The first-order valence-corrected chi connectivity index (χ1v) is 5.65. The summed E-state index contributed by atoms with van der Waals surface area (Å²) in [7, 11) is 0. The molecule has 0 bridgehead atoms. The fraction of sp³-hybridized carbons (Fsp3) is 0. The highest BCUT2D eigenvalue weighted by molar-refractivity contribution is 6.31. The van der Waals surface area contributed by atoms with E-state index in [-0.39, 0.29) is 10.8 Å². The van der Waals surface area contributed by atoms with Crippen LogP contribution in [0.25, 0.3) is 16.9 Å². The molecule has 0 atom stereocenters. The molecule has 3 aromatic rings. The number of nitrogens with zero attached hydrogens (tertiary/aromatic N) is 2. The Morgan fingerprint density at radius 3 is 2.94 bits per heavy atom. The second kappa shape index (κ2) is 3.99. The number of halogens is 2. The zero-order valence-corrected chi connectivity index (χ0v) is 9.89. The molecule has 0 saturated heterocycles. The molecule has 2 aromatic heterocycles. The SMILES string of the molecule is Oc1cc(F)c(Cl)cc1-c1cccc2nccn12. The van der Waals surface area contributed by atoms with Gasteiger partial charge in [0.1, 0.15) is 17.2 Å². The Bertz CT molecular complexity index is 739. The summed E-state index contributed by atoms with van der Waals surface area (Å²) in [6.07, 6.45) is 3.42. The molecule has 0 aliphatic rings. The minimum atomic E-state index is -0.643. The summed E-state index contributed by atoms with van der Waals surface area (Å²) >= 11 is 5.75. The number of fused-ring (bicyclic) bond motifs is 1. The first kappa shape index (κ1) is 11.0. The number of rotatable bonds is 1. The third kappa shape index (κ3) is 1.62. The Morgan fingerprint density at radius 2 is 2.11 bits per heavy atom. The molecular formula is C13H8ClFN2O. The molecule has 3 nitrogen and oxygen atoms in total. The van der Waals surface area contributed by atoms with E-state index in [0.717, 1.165) is 11.7 Å². The summed E-state index contributed by atoms with van der Waals surface area (Å²) in [4.78, 5) is 4.15. The van der Waals surface area contributed by atoms with Crippen LogP contribution in [-0.2, 0) is 0 Å². The van der Waals surface area contributed by atoms with E-state index in [1.165, 1.54) is 6.07 Å². The lowest BCUT2D eigenvalue weighted by molar-refractivity contribution is 0.471. The van der Waals surface area contributed by atoms with Crippen molar-refractivity contribution in [3.05, 3.63) is 53.6 Å². The summed E-state index contributed by atoms with van der Waals surface area (Å²) < 4.78 is 15.0. The minimum absolute atomic E-state index is 0.0279. The fourth-order valence-electron chi connectivity index (χ4n) is 1.91. The van der Waals surface area contributed by atoms with Crippen molar-refractivity contribution in [3.63, 3.8) is 0 Å². The molecule has 3 rings (SSSR count). The summed E-state index contributed by atoms with van der Waals surface area (Å²) in [6.45, 7) is 0. The number of hydrogen-bond acceptors (Lipinski definition) is 2. The molecule has 0 radical (unpaired) electrons. The third-order valence-corrected chi connectivity index (χ3v) is 3.03. The van der Waals surface area contributed by atoms with Crippen molar-refractivity contribution in [2.75, 3.05) is 0 Å². The molecule has 1 aromatic carbocycles. The lowest BCUT2D eigenvalue weighted by Gasteiger charge is -2.08. The van der Waals surface area contributed by atoms with Crippen molar-refractivity contribution >= 4 is 17.2 Å². The van der Waals surface area contributed by atoms with Crippen LogP contribution < -0.4 is 0 Å².